The molecule has 1 aliphatic rings. The molecule has 2 N–H and O–H groups in total. The van der Waals surface area contributed by atoms with Crippen molar-refractivity contribution in [3.05, 3.63) is 33.8 Å². The average Bonchev–Trinajstić information content (AvgIpc) is 2.53. The van der Waals surface area contributed by atoms with Gasteiger partial charge in [0.1, 0.15) is 0 Å². The fourth-order valence-corrected chi connectivity index (χ4v) is 3.04. The van der Waals surface area contributed by atoms with Crippen LogP contribution in [0, 0.1) is 0 Å². The summed E-state index contributed by atoms with van der Waals surface area (Å²) < 4.78 is 0. The highest BCUT2D eigenvalue weighted by Gasteiger charge is 2.38. The van der Waals surface area contributed by atoms with Crippen LogP contribution in [0.25, 0.3) is 0 Å². The largest absolute Gasteiger partial charge is 0.334 e. The predicted molar refractivity (Wildman–Crippen MR) is 73.8 cm³/mol. The average molecular weight is 287 g/mol. The van der Waals surface area contributed by atoms with Gasteiger partial charge in [-0.2, -0.15) is 0 Å². The van der Waals surface area contributed by atoms with Gasteiger partial charge in [-0.05, 0) is 30.2 Å². The summed E-state index contributed by atoms with van der Waals surface area (Å²) in [5.74, 6) is 0.102. The van der Waals surface area contributed by atoms with Gasteiger partial charge in [0.2, 0.25) is 5.91 Å². The molecule has 1 amide bonds. The lowest BCUT2D eigenvalue weighted by Gasteiger charge is -2.27. The van der Waals surface area contributed by atoms with Crippen LogP contribution < -0.4 is 5.73 Å². The number of halogens is 2. The Hall–Kier alpha value is -0.770. The van der Waals surface area contributed by atoms with Crippen LogP contribution in [-0.4, -0.2) is 23.4 Å². The number of nitrogens with zero attached hydrogens (tertiary/aromatic N) is 1. The van der Waals surface area contributed by atoms with Crippen LogP contribution >= 0.6 is 23.2 Å². The summed E-state index contributed by atoms with van der Waals surface area (Å²) in [5, 5.41) is 1.14. The van der Waals surface area contributed by atoms with E-state index in [0.717, 1.165) is 12.0 Å². The first kappa shape index (κ1) is 13.7. The number of amides is 1. The Morgan fingerprint density at radius 1 is 1.33 bits per heavy atom. The SMILES string of the molecule is CCCN1C(=O)CC(N)C1c1cc(Cl)cc(Cl)c1. The molecule has 1 saturated heterocycles. The Kier molecular flexibility index (Phi) is 4.15. The molecule has 3 nitrogen and oxygen atoms in total. The number of carbonyl (C=O) groups is 1. The first-order valence-electron chi connectivity index (χ1n) is 6.04. The van der Waals surface area contributed by atoms with Crippen molar-refractivity contribution in [2.24, 2.45) is 5.73 Å². The van der Waals surface area contributed by atoms with E-state index in [2.05, 4.69) is 0 Å². The molecule has 1 aromatic rings. The van der Waals surface area contributed by atoms with Crippen LogP contribution in [0.2, 0.25) is 10.0 Å². The maximum absolute atomic E-state index is 11.9. The Bertz CT molecular complexity index is 444. The highest BCUT2D eigenvalue weighted by atomic mass is 35.5. The van der Waals surface area contributed by atoms with Crippen LogP contribution in [-0.2, 0) is 4.79 Å². The van der Waals surface area contributed by atoms with E-state index in [1.165, 1.54) is 0 Å². The molecule has 18 heavy (non-hydrogen) atoms. The molecule has 98 valence electrons. The van der Waals surface area contributed by atoms with Crippen molar-refractivity contribution in [2.45, 2.75) is 31.8 Å². The number of carbonyl (C=O) groups excluding carboxylic acids is 1. The minimum absolute atomic E-state index is 0.102. The monoisotopic (exact) mass is 286 g/mol. The van der Waals surface area contributed by atoms with E-state index in [1.54, 1.807) is 6.07 Å². The van der Waals surface area contributed by atoms with Gasteiger partial charge >= 0.3 is 0 Å². The molecule has 5 heteroatoms. The summed E-state index contributed by atoms with van der Waals surface area (Å²) in [6.45, 7) is 2.75. The van der Waals surface area contributed by atoms with E-state index in [4.69, 9.17) is 28.9 Å². The second-order valence-corrected chi connectivity index (χ2v) is 5.48. The third-order valence-corrected chi connectivity index (χ3v) is 3.60. The van der Waals surface area contributed by atoms with Gasteiger partial charge in [0.05, 0.1) is 6.04 Å². The number of nitrogens with two attached hydrogens (primary N) is 1. The van der Waals surface area contributed by atoms with Crippen LogP contribution in [0.5, 0.6) is 0 Å². The van der Waals surface area contributed by atoms with Crippen LogP contribution in [0.3, 0.4) is 0 Å². The minimum Gasteiger partial charge on any atom is -0.334 e. The smallest absolute Gasteiger partial charge is 0.224 e. The number of rotatable bonds is 3. The van der Waals surface area contributed by atoms with E-state index in [-0.39, 0.29) is 18.0 Å². The molecule has 0 aliphatic carbocycles. The first-order valence-corrected chi connectivity index (χ1v) is 6.79. The molecule has 2 rings (SSSR count). The fraction of sp³-hybridized carbons (Fsp3) is 0.462. The lowest BCUT2D eigenvalue weighted by molar-refractivity contribution is -0.129. The maximum Gasteiger partial charge on any atom is 0.224 e. The van der Waals surface area contributed by atoms with Crippen LogP contribution in [0.4, 0.5) is 0 Å². The Balaban J connectivity index is 2.36. The normalized spacial score (nSPS) is 23.8. The van der Waals surface area contributed by atoms with Crippen molar-refractivity contribution in [1.82, 2.24) is 4.90 Å². The van der Waals surface area contributed by atoms with E-state index < -0.39 is 0 Å². The molecule has 1 aromatic carbocycles. The molecular formula is C13H16Cl2N2O. The number of hydrogen-bond donors (Lipinski definition) is 1. The Labute approximate surface area is 117 Å². The molecule has 1 heterocycles. The summed E-state index contributed by atoms with van der Waals surface area (Å²) in [6.07, 6.45) is 1.29. The van der Waals surface area contributed by atoms with Gasteiger partial charge in [-0.3, -0.25) is 4.79 Å². The van der Waals surface area contributed by atoms with Gasteiger partial charge in [-0.25, -0.2) is 0 Å². The Morgan fingerprint density at radius 3 is 2.50 bits per heavy atom. The maximum atomic E-state index is 11.9. The molecular weight excluding hydrogens is 271 g/mol. The third kappa shape index (κ3) is 2.63. The first-order chi connectivity index (χ1) is 8.52. The molecule has 2 unspecified atom stereocenters. The summed E-state index contributed by atoms with van der Waals surface area (Å²) in [4.78, 5) is 13.7. The summed E-state index contributed by atoms with van der Waals surface area (Å²) in [6, 6.07) is 5.03. The molecule has 0 spiro atoms. The quantitative estimate of drug-likeness (QED) is 0.929. The van der Waals surface area contributed by atoms with E-state index >= 15 is 0 Å². The summed E-state index contributed by atoms with van der Waals surface area (Å²) in [7, 11) is 0. The number of benzene rings is 1. The second kappa shape index (κ2) is 5.47. The second-order valence-electron chi connectivity index (χ2n) is 4.60. The van der Waals surface area contributed by atoms with Gasteiger partial charge in [0.25, 0.3) is 0 Å². The lowest BCUT2D eigenvalue weighted by Crippen LogP contribution is -2.33. The van der Waals surface area contributed by atoms with Crippen molar-refractivity contribution in [1.29, 1.82) is 0 Å². The highest BCUT2D eigenvalue weighted by Crippen LogP contribution is 2.34. The van der Waals surface area contributed by atoms with Crippen molar-refractivity contribution in [3.8, 4) is 0 Å². The molecule has 1 aliphatic heterocycles. The molecule has 0 bridgehead atoms. The predicted octanol–water partition coefficient (Wildman–Crippen LogP) is 3.00. The van der Waals surface area contributed by atoms with Crippen LogP contribution in [0.15, 0.2) is 18.2 Å². The van der Waals surface area contributed by atoms with Crippen LogP contribution in [0.1, 0.15) is 31.4 Å². The lowest BCUT2D eigenvalue weighted by atomic mass is 10.0. The van der Waals surface area contributed by atoms with E-state index in [9.17, 15) is 4.79 Å². The number of likely N-dealkylation sites (tertiary alicyclic amines) is 1. The van der Waals surface area contributed by atoms with Gasteiger partial charge in [-0.15, -0.1) is 0 Å². The van der Waals surface area contributed by atoms with Gasteiger partial charge in [0, 0.05) is 29.1 Å². The number of hydrogen-bond acceptors (Lipinski definition) is 2. The molecule has 0 saturated carbocycles. The summed E-state index contributed by atoms with van der Waals surface area (Å²) >= 11 is 12.0. The zero-order chi connectivity index (χ0) is 13.3. The standard InChI is InChI=1S/C13H16Cl2N2O/c1-2-3-17-12(18)7-11(16)13(17)8-4-9(14)6-10(15)5-8/h4-6,11,13H,2-3,7,16H2,1H3. The zero-order valence-corrected chi connectivity index (χ0v) is 11.7. The van der Waals surface area contributed by atoms with Gasteiger partial charge in [-0.1, -0.05) is 30.1 Å². The highest BCUT2D eigenvalue weighted by molar-refractivity contribution is 6.34. The Morgan fingerprint density at radius 2 is 1.94 bits per heavy atom. The fourth-order valence-electron chi connectivity index (χ4n) is 2.49. The van der Waals surface area contributed by atoms with E-state index in [0.29, 0.717) is 23.0 Å². The topological polar surface area (TPSA) is 46.3 Å². The van der Waals surface area contributed by atoms with Gasteiger partial charge < -0.3 is 10.6 Å². The van der Waals surface area contributed by atoms with Crippen molar-refractivity contribution in [2.75, 3.05) is 6.54 Å². The third-order valence-electron chi connectivity index (χ3n) is 3.16. The molecule has 0 aromatic heterocycles. The molecule has 2 atom stereocenters. The zero-order valence-electron chi connectivity index (χ0n) is 10.2. The van der Waals surface area contributed by atoms with Crippen molar-refractivity contribution < 1.29 is 4.79 Å². The molecule has 1 fully saturated rings. The summed E-state index contributed by atoms with van der Waals surface area (Å²) in [5.41, 5.74) is 6.99. The van der Waals surface area contributed by atoms with Gasteiger partial charge in [0.15, 0.2) is 0 Å². The van der Waals surface area contributed by atoms with Crippen molar-refractivity contribution >= 4 is 29.1 Å². The minimum atomic E-state index is -0.196. The molecule has 0 radical (unpaired) electrons. The van der Waals surface area contributed by atoms with E-state index in [1.807, 2.05) is 24.0 Å². The van der Waals surface area contributed by atoms with Crippen molar-refractivity contribution in [3.63, 3.8) is 0 Å².